The van der Waals surface area contributed by atoms with Crippen molar-refractivity contribution in [3.63, 3.8) is 0 Å². The summed E-state index contributed by atoms with van der Waals surface area (Å²) in [5.41, 5.74) is 1.45. The maximum Gasteiger partial charge on any atom is 0.236 e. The zero-order chi connectivity index (χ0) is 11.9. The molecule has 1 unspecified atom stereocenters. The minimum absolute atomic E-state index is 0.182. The van der Waals surface area contributed by atoms with E-state index < -0.39 is 5.92 Å². The van der Waals surface area contributed by atoms with E-state index in [1.165, 1.54) is 19.2 Å². The van der Waals surface area contributed by atoms with Crippen molar-refractivity contribution in [3.05, 3.63) is 35.1 Å². The van der Waals surface area contributed by atoms with Crippen LogP contribution in [0, 0.1) is 12.7 Å². The molecule has 3 nitrogen and oxygen atoms in total. The molecule has 1 fully saturated rings. The number of rotatable bonds is 1. The minimum atomic E-state index is -0.446. The second kappa shape index (κ2) is 3.70. The quantitative estimate of drug-likeness (QED) is 0.675. The number of likely N-dealkylation sites (N-methyl/N-ethyl adjacent to an activating group) is 1. The Morgan fingerprint density at radius 2 is 2.06 bits per heavy atom. The Labute approximate surface area is 92.9 Å². The maximum atomic E-state index is 12.9. The molecular formula is C12H12FNO2. The van der Waals surface area contributed by atoms with Gasteiger partial charge in [-0.3, -0.25) is 14.5 Å². The predicted octanol–water partition coefficient (Wildman–Crippen LogP) is 1.61. The van der Waals surface area contributed by atoms with Crippen LogP contribution in [0.25, 0.3) is 0 Å². The molecule has 1 saturated heterocycles. The lowest BCUT2D eigenvalue weighted by Gasteiger charge is -2.11. The molecule has 0 bridgehead atoms. The van der Waals surface area contributed by atoms with Crippen LogP contribution in [0.2, 0.25) is 0 Å². The first-order valence-electron chi connectivity index (χ1n) is 5.07. The van der Waals surface area contributed by atoms with Crippen LogP contribution in [0.5, 0.6) is 0 Å². The third-order valence-corrected chi connectivity index (χ3v) is 2.99. The van der Waals surface area contributed by atoms with Crippen molar-refractivity contribution in [2.24, 2.45) is 0 Å². The van der Waals surface area contributed by atoms with Crippen molar-refractivity contribution < 1.29 is 14.0 Å². The summed E-state index contributed by atoms with van der Waals surface area (Å²) in [4.78, 5) is 24.3. The average molecular weight is 221 g/mol. The molecule has 1 aromatic rings. The van der Waals surface area contributed by atoms with E-state index in [1.54, 1.807) is 13.0 Å². The Bertz CT molecular complexity index is 470. The van der Waals surface area contributed by atoms with Gasteiger partial charge in [0.15, 0.2) is 0 Å². The van der Waals surface area contributed by atoms with E-state index in [1.807, 2.05) is 0 Å². The summed E-state index contributed by atoms with van der Waals surface area (Å²) in [5.74, 6) is -1.16. The number of carbonyl (C=O) groups is 2. The summed E-state index contributed by atoms with van der Waals surface area (Å²) in [6.45, 7) is 1.74. The second-order valence-electron chi connectivity index (χ2n) is 4.05. The molecule has 16 heavy (non-hydrogen) atoms. The van der Waals surface area contributed by atoms with E-state index in [4.69, 9.17) is 0 Å². The smallest absolute Gasteiger partial charge is 0.236 e. The molecule has 0 aromatic heterocycles. The number of hydrogen-bond acceptors (Lipinski definition) is 2. The van der Waals surface area contributed by atoms with Crippen molar-refractivity contribution in [1.29, 1.82) is 0 Å². The van der Waals surface area contributed by atoms with Crippen LogP contribution in [0.15, 0.2) is 18.2 Å². The molecule has 0 spiro atoms. The molecular weight excluding hydrogens is 209 g/mol. The highest BCUT2D eigenvalue weighted by molar-refractivity contribution is 6.06. The molecule has 4 heteroatoms. The maximum absolute atomic E-state index is 12.9. The van der Waals surface area contributed by atoms with Crippen LogP contribution in [0.3, 0.4) is 0 Å². The van der Waals surface area contributed by atoms with Crippen molar-refractivity contribution in [2.75, 3.05) is 7.05 Å². The Hall–Kier alpha value is -1.71. The molecule has 1 aromatic carbocycles. The van der Waals surface area contributed by atoms with Gasteiger partial charge in [0, 0.05) is 13.5 Å². The van der Waals surface area contributed by atoms with Crippen LogP contribution in [0.4, 0.5) is 4.39 Å². The van der Waals surface area contributed by atoms with Gasteiger partial charge in [-0.2, -0.15) is 0 Å². The monoisotopic (exact) mass is 221 g/mol. The molecule has 1 aliphatic heterocycles. The fourth-order valence-corrected chi connectivity index (χ4v) is 2.03. The highest BCUT2D eigenvalue weighted by Gasteiger charge is 2.37. The van der Waals surface area contributed by atoms with Gasteiger partial charge in [-0.05, 0) is 30.2 Å². The number of aryl methyl sites for hydroxylation is 1. The van der Waals surface area contributed by atoms with E-state index in [2.05, 4.69) is 0 Å². The number of halogens is 1. The second-order valence-corrected chi connectivity index (χ2v) is 4.05. The molecule has 0 aliphatic carbocycles. The highest BCUT2D eigenvalue weighted by atomic mass is 19.1. The number of nitrogens with zero attached hydrogens (tertiary/aromatic N) is 1. The van der Waals surface area contributed by atoms with Crippen LogP contribution in [0.1, 0.15) is 23.5 Å². The zero-order valence-electron chi connectivity index (χ0n) is 9.16. The summed E-state index contributed by atoms with van der Waals surface area (Å²) < 4.78 is 12.9. The van der Waals surface area contributed by atoms with E-state index in [0.29, 0.717) is 5.56 Å². The van der Waals surface area contributed by atoms with Crippen molar-refractivity contribution in [3.8, 4) is 0 Å². The summed E-state index contributed by atoms with van der Waals surface area (Å²) in [6.07, 6.45) is 0.182. The van der Waals surface area contributed by atoms with Gasteiger partial charge in [-0.25, -0.2) is 4.39 Å². The van der Waals surface area contributed by atoms with Gasteiger partial charge in [0.2, 0.25) is 11.8 Å². The largest absolute Gasteiger partial charge is 0.285 e. The Morgan fingerprint density at radius 1 is 1.38 bits per heavy atom. The fraction of sp³-hybridized carbons (Fsp3) is 0.333. The van der Waals surface area contributed by atoms with Crippen LogP contribution in [-0.2, 0) is 9.59 Å². The topological polar surface area (TPSA) is 37.4 Å². The molecule has 0 radical (unpaired) electrons. The molecule has 2 amide bonds. The zero-order valence-corrected chi connectivity index (χ0v) is 9.16. The molecule has 84 valence electrons. The van der Waals surface area contributed by atoms with Gasteiger partial charge < -0.3 is 0 Å². The molecule has 1 heterocycles. The molecule has 2 rings (SSSR count). The third-order valence-electron chi connectivity index (χ3n) is 2.99. The minimum Gasteiger partial charge on any atom is -0.285 e. The number of likely N-dealkylation sites (tertiary alicyclic amines) is 1. The first-order valence-corrected chi connectivity index (χ1v) is 5.07. The molecule has 1 atom stereocenters. The van der Waals surface area contributed by atoms with Crippen molar-refractivity contribution in [2.45, 2.75) is 19.3 Å². The molecule has 0 saturated carbocycles. The number of hydrogen-bond donors (Lipinski definition) is 0. The number of carbonyl (C=O) groups excluding carboxylic acids is 2. The highest BCUT2D eigenvalue weighted by Crippen LogP contribution is 2.30. The van der Waals surface area contributed by atoms with Crippen LogP contribution in [-0.4, -0.2) is 23.8 Å². The van der Waals surface area contributed by atoms with Gasteiger partial charge >= 0.3 is 0 Å². The van der Waals surface area contributed by atoms with E-state index in [0.717, 1.165) is 10.5 Å². The summed E-state index contributed by atoms with van der Waals surface area (Å²) in [7, 11) is 1.48. The first-order chi connectivity index (χ1) is 7.50. The average Bonchev–Trinajstić information content (AvgIpc) is 2.46. The van der Waals surface area contributed by atoms with Crippen LogP contribution >= 0.6 is 0 Å². The van der Waals surface area contributed by atoms with Gasteiger partial charge in [0.1, 0.15) is 5.82 Å². The predicted molar refractivity (Wildman–Crippen MR) is 56.3 cm³/mol. The van der Waals surface area contributed by atoms with E-state index >= 15 is 0 Å². The number of amides is 2. The van der Waals surface area contributed by atoms with Gasteiger partial charge in [0.25, 0.3) is 0 Å². The van der Waals surface area contributed by atoms with Gasteiger partial charge in [0.05, 0.1) is 5.92 Å². The van der Waals surface area contributed by atoms with Gasteiger partial charge in [-0.1, -0.05) is 6.07 Å². The SMILES string of the molecule is Cc1cc(F)ccc1C1CC(=O)N(C)C1=O. The molecule has 0 N–H and O–H groups in total. The Kier molecular flexibility index (Phi) is 2.50. The summed E-state index contributed by atoms with van der Waals surface area (Å²) in [6, 6.07) is 4.28. The number of benzene rings is 1. The van der Waals surface area contributed by atoms with E-state index in [-0.39, 0.29) is 24.1 Å². The lowest BCUT2D eigenvalue weighted by atomic mass is 9.93. The fourth-order valence-electron chi connectivity index (χ4n) is 2.03. The van der Waals surface area contributed by atoms with Crippen molar-refractivity contribution in [1.82, 2.24) is 4.90 Å². The number of imide groups is 1. The summed E-state index contributed by atoms with van der Waals surface area (Å²) in [5, 5.41) is 0. The Morgan fingerprint density at radius 3 is 2.56 bits per heavy atom. The van der Waals surface area contributed by atoms with Gasteiger partial charge in [-0.15, -0.1) is 0 Å². The lowest BCUT2D eigenvalue weighted by Crippen LogP contribution is -2.25. The first kappa shape index (κ1) is 10.8. The normalized spacial score (nSPS) is 20.7. The van der Waals surface area contributed by atoms with E-state index in [9.17, 15) is 14.0 Å². The summed E-state index contributed by atoms with van der Waals surface area (Å²) >= 11 is 0. The third kappa shape index (κ3) is 1.60. The Balaban J connectivity index is 2.39. The van der Waals surface area contributed by atoms with Crippen LogP contribution < -0.4 is 0 Å². The van der Waals surface area contributed by atoms with Crippen molar-refractivity contribution >= 4 is 11.8 Å². The lowest BCUT2D eigenvalue weighted by molar-refractivity contribution is -0.137. The standard InChI is InChI=1S/C12H12FNO2/c1-7-5-8(13)3-4-9(7)10-6-11(15)14(2)12(10)16/h3-5,10H,6H2,1-2H3. The molecule has 1 aliphatic rings.